The third-order valence-corrected chi connectivity index (χ3v) is 5.03. The second-order valence-electron chi connectivity index (χ2n) is 7.06. The molecule has 3 aromatic rings. The molecular formula is C28H28. The van der Waals surface area contributed by atoms with E-state index < -0.39 is 0 Å². The Morgan fingerprint density at radius 1 is 0.571 bits per heavy atom. The van der Waals surface area contributed by atoms with Gasteiger partial charge in [-0.25, -0.2) is 0 Å². The third-order valence-electron chi connectivity index (χ3n) is 5.03. The minimum Gasteiger partial charge on any atom is -0.0985 e. The predicted octanol–water partition coefficient (Wildman–Crippen LogP) is 7.71. The van der Waals surface area contributed by atoms with Gasteiger partial charge < -0.3 is 0 Å². The molecule has 0 amide bonds. The van der Waals surface area contributed by atoms with Crippen molar-refractivity contribution < 1.29 is 0 Å². The number of rotatable bonds is 9. The number of hydrogen-bond donors (Lipinski definition) is 0. The number of hydrogen-bond acceptors (Lipinski definition) is 0. The number of unbranched alkanes of at least 4 members (excludes halogenated alkanes) is 1. The van der Waals surface area contributed by atoms with E-state index in [1.807, 2.05) is 12.2 Å². The zero-order valence-corrected chi connectivity index (χ0v) is 16.5. The molecule has 0 fully saturated rings. The van der Waals surface area contributed by atoms with Crippen molar-refractivity contribution in [2.24, 2.45) is 0 Å². The molecule has 0 saturated carbocycles. The van der Waals surface area contributed by atoms with Crippen LogP contribution in [0.25, 0.3) is 24.3 Å². The fourth-order valence-corrected chi connectivity index (χ4v) is 3.33. The molecule has 0 spiro atoms. The molecule has 0 radical (unpaired) electrons. The molecule has 0 N–H and O–H groups in total. The maximum absolute atomic E-state index is 3.91. The first kappa shape index (κ1) is 19.6. The van der Waals surface area contributed by atoms with Crippen LogP contribution in [0.2, 0.25) is 0 Å². The molecular weight excluding hydrogens is 336 g/mol. The summed E-state index contributed by atoms with van der Waals surface area (Å²) in [6, 6.07) is 25.9. The molecule has 0 aliphatic heterocycles. The summed E-state index contributed by atoms with van der Waals surface area (Å²) in [7, 11) is 0. The fourth-order valence-electron chi connectivity index (χ4n) is 3.33. The lowest BCUT2D eigenvalue weighted by Crippen LogP contribution is -1.89. The van der Waals surface area contributed by atoms with E-state index in [2.05, 4.69) is 98.1 Å². The van der Waals surface area contributed by atoms with Gasteiger partial charge in [-0.05, 0) is 65.1 Å². The van der Waals surface area contributed by atoms with Crippen molar-refractivity contribution in [1.29, 1.82) is 0 Å². The first-order valence-corrected chi connectivity index (χ1v) is 9.98. The van der Waals surface area contributed by atoms with E-state index in [0.717, 1.165) is 29.5 Å². The zero-order valence-electron chi connectivity index (χ0n) is 16.5. The van der Waals surface area contributed by atoms with Gasteiger partial charge in [0.05, 0.1) is 0 Å². The first-order valence-electron chi connectivity index (χ1n) is 9.98. The molecule has 0 aromatic heterocycles. The van der Waals surface area contributed by atoms with E-state index in [1.165, 1.54) is 29.5 Å². The molecule has 3 rings (SSSR count). The van der Waals surface area contributed by atoms with E-state index in [4.69, 9.17) is 0 Å². The van der Waals surface area contributed by atoms with Crippen LogP contribution in [-0.4, -0.2) is 0 Å². The quantitative estimate of drug-likeness (QED) is 0.269. The summed E-state index contributed by atoms with van der Waals surface area (Å²) >= 11 is 0. The topological polar surface area (TPSA) is 0 Å². The van der Waals surface area contributed by atoms with Crippen LogP contribution >= 0.6 is 0 Å². The standard InChI is InChI=1S/C28H28/c1-3-23-18-20-27(4-2)28(22-23)21-19-26-16-14-25(15-17-26)13-9-8-12-24-10-6-5-7-11-24/h3-7,10-11,14-22H,1-2,8-9,12-13H2. The Bertz CT molecular complexity index is 928. The Kier molecular flexibility index (Phi) is 7.21. The Morgan fingerprint density at radius 2 is 1.21 bits per heavy atom. The molecule has 0 bridgehead atoms. The van der Waals surface area contributed by atoms with Crippen molar-refractivity contribution in [3.8, 4) is 0 Å². The smallest absolute Gasteiger partial charge is 0.0178 e. The Labute approximate surface area is 169 Å². The van der Waals surface area contributed by atoms with Gasteiger partial charge in [0.15, 0.2) is 0 Å². The van der Waals surface area contributed by atoms with E-state index in [-0.39, 0.29) is 0 Å². The van der Waals surface area contributed by atoms with Gasteiger partial charge in [0, 0.05) is 0 Å². The third kappa shape index (κ3) is 5.69. The normalized spacial score (nSPS) is 10.9. The Hall–Kier alpha value is -3.12. The highest BCUT2D eigenvalue weighted by Gasteiger charge is 1.98. The molecule has 140 valence electrons. The van der Waals surface area contributed by atoms with Crippen LogP contribution in [-0.2, 0) is 12.8 Å². The first-order chi connectivity index (χ1) is 13.8. The minimum atomic E-state index is 1.12. The molecule has 0 aliphatic rings. The Balaban J connectivity index is 1.55. The van der Waals surface area contributed by atoms with Crippen LogP contribution in [0, 0.1) is 0 Å². The fraction of sp³-hybridized carbons (Fsp3) is 0.143. The average Bonchev–Trinajstić information content (AvgIpc) is 2.76. The van der Waals surface area contributed by atoms with Gasteiger partial charge in [-0.1, -0.05) is 104 Å². The lowest BCUT2D eigenvalue weighted by molar-refractivity contribution is 0.734. The van der Waals surface area contributed by atoms with Crippen LogP contribution in [0.1, 0.15) is 46.2 Å². The van der Waals surface area contributed by atoms with Crippen molar-refractivity contribution in [3.05, 3.63) is 119 Å². The summed E-state index contributed by atoms with van der Waals surface area (Å²) in [5.41, 5.74) is 7.48. The van der Waals surface area contributed by atoms with E-state index >= 15 is 0 Å². The number of benzene rings is 3. The van der Waals surface area contributed by atoms with Gasteiger partial charge in [-0.15, -0.1) is 0 Å². The molecule has 0 heterocycles. The van der Waals surface area contributed by atoms with Gasteiger partial charge in [0.1, 0.15) is 0 Å². The SMILES string of the molecule is C=Cc1ccc(C=C)c(C=Cc2ccc(CCCCc3ccccc3)cc2)c1. The van der Waals surface area contributed by atoms with E-state index in [9.17, 15) is 0 Å². The monoisotopic (exact) mass is 364 g/mol. The molecule has 3 aromatic carbocycles. The van der Waals surface area contributed by atoms with Gasteiger partial charge >= 0.3 is 0 Å². The van der Waals surface area contributed by atoms with Crippen molar-refractivity contribution in [1.82, 2.24) is 0 Å². The lowest BCUT2D eigenvalue weighted by atomic mass is 10.0. The van der Waals surface area contributed by atoms with Gasteiger partial charge in [-0.2, -0.15) is 0 Å². The van der Waals surface area contributed by atoms with Crippen molar-refractivity contribution in [2.75, 3.05) is 0 Å². The summed E-state index contributed by atoms with van der Waals surface area (Å²) in [6.07, 6.45) is 12.8. The predicted molar refractivity (Wildman–Crippen MR) is 125 cm³/mol. The van der Waals surface area contributed by atoms with Gasteiger partial charge in [0.2, 0.25) is 0 Å². The maximum Gasteiger partial charge on any atom is -0.0178 e. The highest BCUT2D eigenvalue weighted by Crippen LogP contribution is 2.18. The summed E-state index contributed by atoms with van der Waals surface area (Å²) in [5.74, 6) is 0. The zero-order chi connectivity index (χ0) is 19.6. The maximum atomic E-state index is 3.91. The summed E-state index contributed by atoms with van der Waals surface area (Å²) < 4.78 is 0. The van der Waals surface area contributed by atoms with E-state index in [0.29, 0.717) is 0 Å². The summed E-state index contributed by atoms with van der Waals surface area (Å²) in [4.78, 5) is 0. The Morgan fingerprint density at radius 3 is 1.86 bits per heavy atom. The van der Waals surface area contributed by atoms with Crippen LogP contribution < -0.4 is 0 Å². The molecule has 0 saturated heterocycles. The van der Waals surface area contributed by atoms with Crippen LogP contribution in [0.4, 0.5) is 0 Å². The van der Waals surface area contributed by atoms with Crippen LogP contribution in [0.3, 0.4) is 0 Å². The summed E-state index contributed by atoms with van der Waals surface area (Å²) in [5, 5.41) is 0. The molecule has 0 aliphatic carbocycles. The minimum absolute atomic E-state index is 1.12. The largest absolute Gasteiger partial charge is 0.0985 e. The molecule has 0 unspecified atom stereocenters. The second kappa shape index (κ2) is 10.3. The molecule has 0 heteroatoms. The van der Waals surface area contributed by atoms with Gasteiger partial charge in [0.25, 0.3) is 0 Å². The molecule has 28 heavy (non-hydrogen) atoms. The van der Waals surface area contributed by atoms with Crippen molar-refractivity contribution in [2.45, 2.75) is 25.7 Å². The van der Waals surface area contributed by atoms with Gasteiger partial charge in [-0.3, -0.25) is 0 Å². The highest BCUT2D eigenvalue weighted by molar-refractivity contribution is 5.76. The number of aryl methyl sites for hydroxylation is 2. The van der Waals surface area contributed by atoms with Crippen LogP contribution in [0.15, 0.2) is 86.0 Å². The van der Waals surface area contributed by atoms with E-state index in [1.54, 1.807) is 0 Å². The molecule has 0 atom stereocenters. The molecule has 0 nitrogen and oxygen atoms in total. The highest BCUT2D eigenvalue weighted by atomic mass is 14.0. The average molecular weight is 365 g/mol. The lowest BCUT2D eigenvalue weighted by Gasteiger charge is -2.04. The second-order valence-corrected chi connectivity index (χ2v) is 7.06. The van der Waals surface area contributed by atoms with Crippen molar-refractivity contribution in [3.63, 3.8) is 0 Å². The van der Waals surface area contributed by atoms with Crippen LogP contribution in [0.5, 0.6) is 0 Å². The van der Waals surface area contributed by atoms with Crippen molar-refractivity contribution >= 4 is 24.3 Å². The summed E-state index contributed by atoms with van der Waals surface area (Å²) in [6.45, 7) is 7.76.